The van der Waals surface area contributed by atoms with Crippen LogP contribution in [0.4, 0.5) is 11.4 Å². The topological polar surface area (TPSA) is 50.4 Å². The highest BCUT2D eigenvalue weighted by Crippen LogP contribution is 2.17. The number of ether oxygens (including phenoxy) is 1. The Labute approximate surface area is 108 Å². The SMILES string of the molecule is CCC(=O)Nc1cccc(NCC2CCCO2)c1. The zero-order valence-corrected chi connectivity index (χ0v) is 10.7. The Balaban J connectivity index is 1.87. The molecule has 1 fully saturated rings. The van der Waals surface area contributed by atoms with Gasteiger partial charge in [-0.15, -0.1) is 0 Å². The average Bonchev–Trinajstić information content (AvgIpc) is 2.90. The Morgan fingerprint density at radius 1 is 1.44 bits per heavy atom. The molecule has 2 rings (SSSR count). The first-order valence-electron chi connectivity index (χ1n) is 6.53. The van der Waals surface area contributed by atoms with Crippen LogP contribution in [0, 0.1) is 0 Å². The highest BCUT2D eigenvalue weighted by Gasteiger charge is 2.14. The van der Waals surface area contributed by atoms with Gasteiger partial charge in [0.25, 0.3) is 0 Å². The molecule has 1 amide bonds. The van der Waals surface area contributed by atoms with Gasteiger partial charge in [0.2, 0.25) is 5.91 Å². The molecule has 0 bridgehead atoms. The van der Waals surface area contributed by atoms with Crippen LogP contribution >= 0.6 is 0 Å². The van der Waals surface area contributed by atoms with Crippen LogP contribution in [0.1, 0.15) is 26.2 Å². The molecule has 0 aromatic heterocycles. The van der Waals surface area contributed by atoms with Crippen LogP contribution in [-0.4, -0.2) is 25.2 Å². The monoisotopic (exact) mass is 248 g/mol. The molecule has 0 saturated carbocycles. The van der Waals surface area contributed by atoms with Crippen molar-refractivity contribution in [3.8, 4) is 0 Å². The lowest BCUT2D eigenvalue weighted by molar-refractivity contribution is -0.115. The minimum absolute atomic E-state index is 0.0336. The predicted octanol–water partition coefficient (Wildman–Crippen LogP) is 2.63. The van der Waals surface area contributed by atoms with Gasteiger partial charge in [-0.25, -0.2) is 0 Å². The van der Waals surface area contributed by atoms with Crippen LogP contribution in [0.25, 0.3) is 0 Å². The Morgan fingerprint density at radius 3 is 3.00 bits per heavy atom. The Morgan fingerprint density at radius 2 is 2.28 bits per heavy atom. The number of benzene rings is 1. The fourth-order valence-corrected chi connectivity index (χ4v) is 1.99. The number of carbonyl (C=O) groups is 1. The largest absolute Gasteiger partial charge is 0.382 e. The second-order valence-electron chi connectivity index (χ2n) is 4.50. The van der Waals surface area contributed by atoms with Crippen molar-refractivity contribution in [1.29, 1.82) is 0 Å². The van der Waals surface area contributed by atoms with E-state index in [-0.39, 0.29) is 5.91 Å². The van der Waals surface area contributed by atoms with Gasteiger partial charge in [-0.05, 0) is 31.0 Å². The van der Waals surface area contributed by atoms with Gasteiger partial charge < -0.3 is 15.4 Å². The fraction of sp³-hybridized carbons (Fsp3) is 0.500. The van der Waals surface area contributed by atoms with Crippen molar-refractivity contribution in [1.82, 2.24) is 0 Å². The molecule has 1 heterocycles. The van der Waals surface area contributed by atoms with Gasteiger partial charge in [0.1, 0.15) is 0 Å². The van der Waals surface area contributed by atoms with E-state index in [9.17, 15) is 4.79 Å². The van der Waals surface area contributed by atoms with E-state index < -0.39 is 0 Å². The Bertz CT molecular complexity index is 401. The second kappa shape index (κ2) is 6.40. The van der Waals surface area contributed by atoms with E-state index in [0.29, 0.717) is 12.5 Å². The van der Waals surface area contributed by atoms with Gasteiger partial charge >= 0.3 is 0 Å². The summed E-state index contributed by atoms with van der Waals surface area (Å²) in [7, 11) is 0. The standard InChI is InChI=1S/C14H20N2O2/c1-2-14(17)16-12-6-3-5-11(9-12)15-10-13-7-4-8-18-13/h3,5-6,9,13,15H,2,4,7-8,10H2,1H3,(H,16,17). The third kappa shape index (κ3) is 3.74. The summed E-state index contributed by atoms with van der Waals surface area (Å²) >= 11 is 0. The van der Waals surface area contributed by atoms with Gasteiger partial charge in [-0.1, -0.05) is 13.0 Å². The van der Waals surface area contributed by atoms with Gasteiger partial charge in [0, 0.05) is 30.9 Å². The summed E-state index contributed by atoms with van der Waals surface area (Å²) in [5.74, 6) is 0.0336. The number of amides is 1. The highest BCUT2D eigenvalue weighted by atomic mass is 16.5. The highest BCUT2D eigenvalue weighted by molar-refractivity contribution is 5.90. The van der Waals surface area contributed by atoms with Crippen molar-refractivity contribution in [2.24, 2.45) is 0 Å². The van der Waals surface area contributed by atoms with E-state index in [1.165, 1.54) is 0 Å². The third-order valence-electron chi connectivity index (χ3n) is 3.03. The van der Waals surface area contributed by atoms with E-state index >= 15 is 0 Å². The fourth-order valence-electron chi connectivity index (χ4n) is 1.99. The molecule has 18 heavy (non-hydrogen) atoms. The maximum absolute atomic E-state index is 11.3. The molecule has 1 atom stereocenters. The second-order valence-corrected chi connectivity index (χ2v) is 4.50. The molecule has 4 nitrogen and oxygen atoms in total. The molecule has 1 saturated heterocycles. The average molecular weight is 248 g/mol. The van der Waals surface area contributed by atoms with E-state index in [1.807, 2.05) is 31.2 Å². The summed E-state index contributed by atoms with van der Waals surface area (Å²) in [6, 6.07) is 7.77. The van der Waals surface area contributed by atoms with Crippen molar-refractivity contribution in [3.63, 3.8) is 0 Å². The third-order valence-corrected chi connectivity index (χ3v) is 3.03. The van der Waals surface area contributed by atoms with E-state index in [2.05, 4.69) is 10.6 Å². The summed E-state index contributed by atoms with van der Waals surface area (Å²) in [5.41, 5.74) is 1.85. The van der Waals surface area contributed by atoms with Crippen molar-refractivity contribution >= 4 is 17.3 Å². The summed E-state index contributed by atoms with van der Waals surface area (Å²) in [5, 5.41) is 6.19. The Hall–Kier alpha value is -1.55. The number of hydrogen-bond acceptors (Lipinski definition) is 3. The lowest BCUT2D eigenvalue weighted by atomic mass is 10.2. The van der Waals surface area contributed by atoms with Crippen LogP contribution < -0.4 is 10.6 Å². The minimum atomic E-state index is 0.0336. The van der Waals surface area contributed by atoms with Crippen molar-refractivity contribution < 1.29 is 9.53 Å². The molecule has 0 spiro atoms. The molecule has 1 unspecified atom stereocenters. The van der Waals surface area contributed by atoms with E-state index in [4.69, 9.17) is 4.74 Å². The first-order chi connectivity index (χ1) is 8.78. The van der Waals surface area contributed by atoms with Crippen molar-refractivity contribution in [2.75, 3.05) is 23.8 Å². The van der Waals surface area contributed by atoms with Crippen molar-refractivity contribution in [2.45, 2.75) is 32.3 Å². The van der Waals surface area contributed by atoms with Gasteiger partial charge in [0.15, 0.2) is 0 Å². The van der Waals surface area contributed by atoms with Gasteiger partial charge in [-0.2, -0.15) is 0 Å². The molecule has 1 aromatic rings. The first-order valence-corrected chi connectivity index (χ1v) is 6.53. The molecular formula is C14H20N2O2. The molecular weight excluding hydrogens is 228 g/mol. The smallest absolute Gasteiger partial charge is 0.224 e. The number of rotatable bonds is 5. The maximum Gasteiger partial charge on any atom is 0.224 e. The van der Waals surface area contributed by atoms with E-state index in [1.54, 1.807) is 0 Å². The maximum atomic E-state index is 11.3. The predicted molar refractivity (Wildman–Crippen MR) is 72.8 cm³/mol. The number of anilines is 2. The first kappa shape index (κ1) is 12.9. The van der Waals surface area contributed by atoms with Crippen LogP contribution in [0.3, 0.4) is 0 Å². The van der Waals surface area contributed by atoms with E-state index in [0.717, 1.165) is 37.4 Å². The summed E-state index contributed by atoms with van der Waals surface area (Å²) in [6.07, 6.45) is 3.09. The summed E-state index contributed by atoms with van der Waals surface area (Å²) in [6.45, 7) is 3.54. The van der Waals surface area contributed by atoms with Crippen LogP contribution in [0.15, 0.2) is 24.3 Å². The zero-order valence-electron chi connectivity index (χ0n) is 10.7. The quantitative estimate of drug-likeness (QED) is 0.842. The molecule has 0 aliphatic carbocycles. The minimum Gasteiger partial charge on any atom is -0.382 e. The van der Waals surface area contributed by atoms with Gasteiger partial charge in [-0.3, -0.25) is 4.79 Å². The molecule has 1 aromatic carbocycles. The summed E-state index contributed by atoms with van der Waals surface area (Å²) < 4.78 is 5.55. The van der Waals surface area contributed by atoms with Crippen LogP contribution in [0.2, 0.25) is 0 Å². The number of carbonyl (C=O) groups excluding carboxylic acids is 1. The van der Waals surface area contributed by atoms with Gasteiger partial charge in [0.05, 0.1) is 6.10 Å². The lowest BCUT2D eigenvalue weighted by Crippen LogP contribution is -2.18. The molecule has 1 aliphatic rings. The molecule has 4 heteroatoms. The summed E-state index contributed by atoms with van der Waals surface area (Å²) in [4.78, 5) is 11.3. The number of hydrogen-bond donors (Lipinski definition) is 2. The molecule has 0 radical (unpaired) electrons. The van der Waals surface area contributed by atoms with Crippen LogP contribution in [-0.2, 0) is 9.53 Å². The van der Waals surface area contributed by atoms with Crippen molar-refractivity contribution in [3.05, 3.63) is 24.3 Å². The molecule has 98 valence electrons. The molecule has 2 N–H and O–H groups in total. The normalized spacial score (nSPS) is 18.6. The lowest BCUT2D eigenvalue weighted by Gasteiger charge is -2.13. The zero-order chi connectivity index (χ0) is 12.8. The Kier molecular flexibility index (Phi) is 4.59. The van der Waals surface area contributed by atoms with Crippen LogP contribution in [0.5, 0.6) is 0 Å². The molecule has 1 aliphatic heterocycles. The number of nitrogens with one attached hydrogen (secondary N) is 2.